The molecule has 4 atom stereocenters. The Kier molecular flexibility index (Phi) is 8.61. The van der Waals surface area contributed by atoms with E-state index in [2.05, 4.69) is 16.0 Å². The highest BCUT2D eigenvalue weighted by molar-refractivity contribution is 6.04. The third kappa shape index (κ3) is 7.16. The standard InChI is InChI=1S/C29H39FN4O5/c1-28(2,3)39-27(38)32-22-11-8-6-4-5-7-10-19-18-29(19,26(37)31-21-15-13-20(30)14-16-21)33-24(35)23-12-9-17-34(23)25(22)36/h7,10,13-16,19,22-23H,4-6,8-9,11-12,17-18H2,1-3H3,(H,31,37)(H,32,38)(H,33,35)/t19-,22+,23+,29-/m1/s1. The van der Waals surface area contributed by atoms with Crippen LogP contribution in [0.15, 0.2) is 36.4 Å². The van der Waals surface area contributed by atoms with Gasteiger partial charge in [-0.1, -0.05) is 25.0 Å². The van der Waals surface area contributed by atoms with Crippen LogP contribution in [0.1, 0.15) is 72.1 Å². The number of allylic oxidation sites excluding steroid dienone is 1. The van der Waals surface area contributed by atoms with Gasteiger partial charge in [0, 0.05) is 18.2 Å². The molecule has 1 aliphatic carbocycles. The summed E-state index contributed by atoms with van der Waals surface area (Å²) in [5.74, 6) is -1.67. The molecule has 10 heteroatoms. The molecule has 1 aromatic carbocycles. The summed E-state index contributed by atoms with van der Waals surface area (Å²) >= 11 is 0. The van der Waals surface area contributed by atoms with Crippen molar-refractivity contribution < 1.29 is 28.3 Å². The molecule has 2 fully saturated rings. The highest BCUT2D eigenvalue weighted by Crippen LogP contribution is 2.46. The summed E-state index contributed by atoms with van der Waals surface area (Å²) in [4.78, 5) is 54.7. The average molecular weight is 543 g/mol. The van der Waals surface area contributed by atoms with E-state index in [0.29, 0.717) is 37.9 Å². The lowest BCUT2D eigenvalue weighted by atomic mass is 10.0. The molecule has 39 heavy (non-hydrogen) atoms. The first-order valence-electron chi connectivity index (χ1n) is 13.8. The normalized spacial score (nSPS) is 27.8. The molecular weight excluding hydrogens is 503 g/mol. The first-order valence-corrected chi connectivity index (χ1v) is 13.8. The number of halogens is 1. The number of nitrogens with one attached hydrogen (secondary N) is 3. The maximum absolute atomic E-state index is 13.6. The number of hydrogen-bond donors (Lipinski definition) is 3. The summed E-state index contributed by atoms with van der Waals surface area (Å²) in [6.45, 7) is 5.66. The lowest BCUT2D eigenvalue weighted by Gasteiger charge is -2.30. The van der Waals surface area contributed by atoms with E-state index in [9.17, 15) is 23.6 Å². The molecule has 9 nitrogen and oxygen atoms in total. The molecule has 0 radical (unpaired) electrons. The van der Waals surface area contributed by atoms with Crippen LogP contribution in [0.2, 0.25) is 0 Å². The fraction of sp³-hybridized carbons (Fsp3) is 0.586. The molecule has 0 aromatic heterocycles. The van der Waals surface area contributed by atoms with Gasteiger partial charge in [-0.25, -0.2) is 9.18 Å². The Morgan fingerprint density at radius 2 is 1.82 bits per heavy atom. The van der Waals surface area contributed by atoms with Gasteiger partial charge >= 0.3 is 6.09 Å². The smallest absolute Gasteiger partial charge is 0.408 e. The number of alkyl carbamates (subject to hydrolysis) is 1. The van der Waals surface area contributed by atoms with Crippen LogP contribution in [0.4, 0.5) is 14.9 Å². The van der Waals surface area contributed by atoms with Crippen molar-refractivity contribution in [1.29, 1.82) is 0 Å². The van der Waals surface area contributed by atoms with Crippen molar-refractivity contribution in [2.24, 2.45) is 5.92 Å². The molecule has 3 aliphatic rings. The molecule has 4 amide bonds. The Morgan fingerprint density at radius 1 is 1.08 bits per heavy atom. The Bertz CT molecular complexity index is 1120. The third-order valence-electron chi connectivity index (χ3n) is 7.43. The van der Waals surface area contributed by atoms with Gasteiger partial charge in [-0.3, -0.25) is 14.4 Å². The average Bonchev–Trinajstić information content (AvgIpc) is 3.32. The molecule has 2 heterocycles. The zero-order valence-corrected chi connectivity index (χ0v) is 22.9. The van der Waals surface area contributed by atoms with Gasteiger partial charge in [-0.05, 0) is 83.6 Å². The summed E-state index contributed by atoms with van der Waals surface area (Å²) in [6.07, 6.45) is 8.63. The van der Waals surface area contributed by atoms with Crippen LogP contribution >= 0.6 is 0 Å². The minimum atomic E-state index is -1.15. The fourth-order valence-corrected chi connectivity index (χ4v) is 5.32. The van der Waals surface area contributed by atoms with E-state index in [1.165, 1.54) is 29.2 Å². The Morgan fingerprint density at radius 3 is 2.54 bits per heavy atom. The molecule has 0 spiro atoms. The van der Waals surface area contributed by atoms with Crippen LogP contribution in [0.5, 0.6) is 0 Å². The summed E-state index contributed by atoms with van der Waals surface area (Å²) in [6, 6.07) is 3.92. The second-order valence-corrected chi connectivity index (χ2v) is 11.7. The van der Waals surface area contributed by atoms with E-state index < -0.39 is 41.0 Å². The molecule has 1 saturated heterocycles. The van der Waals surface area contributed by atoms with Gasteiger partial charge in [0.1, 0.15) is 29.0 Å². The predicted octanol–water partition coefficient (Wildman–Crippen LogP) is 4.04. The summed E-state index contributed by atoms with van der Waals surface area (Å²) in [5, 5.41) is 8.50. The van der Waals surface area contributed by atoms with Crippen LogP contribution in [-0.4, -0.2) is 58.5 Å². The lowest BCUT2D eigenvalue weighted by molar-refractivity contribution is -0.141. The number of carbonyl (C=O) groups excluding carboxylic acids is 4. The van der Waals surface area contributed by atoms with Crippen molar-refractivity contribution in [3.8, 4) is 0 Å². The van der Waals surface area contributed by atoms with Gasteiger partial charge in [0.15, 0.2) is 0 Å². The lowest BCUT2D eigenvalue weighted by Crippen LogP contribution is -2.57. The maximum atomic E-state index is 13.6. The molecule has 4 rings (SSSR count). The van der Waals surface area contributed by atoms with E-state index in [1.54, 1.807) is 20.8 Å². The van der Waals surface area contributed by atoms with Gasteiger partial charge in [-0.15, -0.1) is 0 Å². The van der Waals surface area contributed by atoms with E-state index in [-0.39, 0.29) is 17.7 Å². The molecule has 212 valence electrons. The SMILES string of the molecule is CC(C)(C)OC(=O)N[C@H]1CCCCCC=C[C@@H]2C[C@@]2(C(=O)Nc2ccc(F)cc2)NC(=O)[C@@H]2CCCN2C1=O. The molecule has 2 aliphatic heterocycles. The number of hydrogen-bond acceptors (Lipinski definition) is 5. The summed E-state index contributed by atoms with van der Waals surface area (Å²) < 4.78 is 18.7. The van der Waals surface area contributed by atoms with Crippen LogP contribution in [0.3, 0.4) is 0 Å². The maximum Gasteiger partial charge on any atom is 0.408 e. The van der Waals surface area contributed by atoms with E-state index in [4.69, 9.17) is 4.74 Å². The van der Waals surface area contributed by atoms with Gasteiger partial charge < -0.3 is 25.6 Å². The second kappa shape index (κ2) is 11.8. The zero-order valence-electron chi connectivity index (χ0n) is 22.9. The monoisotopic (exact) mass is 542 g/mol. The number of fused-ring (bicyclic) bond motifs is 2. The van der Waals surface area contributed by atoms with Gasteiger partial charge in [-0.2, -0.15) is 0 Å². The second-order valence-electron chi connectivity index (χ2n) is 11.7. The van der Waals surface area contributed by atoms with Crippen molar-refractivity contribution in [3.63, 3.8) is 0 Å². The number of nitrogens with zero attached hydrogens (tertiary/aromatic N) is 1. The minimum Gasteiger partial charge on any atom is -0.444 e. The topological polar surface area (TPSA) is 117 Å². The van der Waals surface area contributed by atoms with Crippen LogP contribution in [-0.2, 0) is 19.1 Å². The highest BCUT2D eigenvalue weighted by atomic mass is 19.1. The van der Waals surface area contributed by atoms with E-state index >= 15 is 0 Å². The van der Waals surface area contributed by atoms with E-state index in [0.717, 1.165) is 25.7 Å². The number of carbonyl (C=O) groups is 4. The number of rotatable bonds is 3. The zero-order chi connectivity index (χ0) is 28.2. The number of amides is 4. The number of ether oxygens (including phenoxy) is 1. The largest absolute Gasteiger partial charge is 0.444 e. The highest BCUT2D eigenvalue weighted by Gasteiger charge is 2.60. The van der Waals surface area contributed by atoms with Crippen LogP contribution < -0.4 is 16.0 Å². The third-order valence-corrected chi connectivity index (χ3v) is 7.43. The first kappa shape index (κ1) is 28.6. The van der Waals surface area contributed by atoms with Crippen molar-refractivity contribution >= 4 is 29.5 Å². The van der Waals surface area contributed by atoms with Gasteiger partial charge in [0.05, 0.1) is 0 Å². The fourth-order valence-electron chi connectivity index (χ4n) is 5.32. The van der Waals surface area contributed by atoms with Crippen molar-refractivity contribution in [1.82, 2.24) is 15.5 Å². The van der Waals surface area contributed by atoms with Crippen LogP contribution in [0, 0.1) is 11.7 Å². The summed E-state index contributed by atoms with van der Waals surface area (Å²) in [5.41, 5.74) is -1.42. The Hall–Kier alpha value is -3.43. The molecule has 1 aromatic rings. The summed E-state index contributed by atoms with van der Waals surface area (Å²) in [7, 11) is 0. The van der Waals surface area contributed by atoms with Gasteiger partial charge in [0.25, 0.3) is 5.91 Å². The number of anilines is 1. The van der Waals surface area contributed by atoms with Crippen molar-refractivity contribution in [2.45, 2.75) is 95.4 Å². The Labute approximate surface area is 228 Å². The van der Waals surface area contributed by atoms with Crippen LogP contribution in [0.25, 0.3) is 0 Å². The number of benzene rings is 1. The predicted molar refractivity (Wildman–Crippen MR) is 144 cm³/mol. The quantitative estimate of drug-likeness (QED) is 0.499. The molecule has 0 bridgehead atoms. The van der Waals surface area contributed by atoms with E-state index in [1.807, 2.05) is 12.2 Å². The minimum absolute atomic E-state index is 0.181. The first-order chi connectivity index (χ1) is 18.5. The molecule has 0 unspecified atom stereocenters. The van der Waals surface area contributed by atoms with Crippen molar-refractivity contribution in [3.05, 3.63) is 42.2 Å². The molecule has 3 N–H and O–H groups in total. The molecular formula is C29H39FN4O5. The molecule has 1 saturated carbocycles. The Balaban J connectivity index is 1.54. The van der Waals surface area contributed by atoms with Gasteiger partial charge in [0.2, 0.25) is 11.8 Å². The van der Waals surface area contributed by atoms with Crippen molar-refractivity contribution in [2.75, 3.05) is 11.9 Å².